The number of hydrogen-bond donors (Lipinski definition) is 1. The maximum absolute atomic E-state index is 9.84. The van der Waals surface area contributed by atoms with E-state index in [2.05, 4.69) is 18.2 Å². The van der Waals surface area contributed by atoms with Crippen LogP contribution in [0, 0.1) is 6.92 Å². The van der Waals surface area contributed by atoms with Crippen LogP contribution in [0.15, 0.2) is 12.7 Å². The van der Waals surface area contributed by atoms with Gasteiger partial charge in [-0.1, -0.05) is 6.58 Å². The molecule has 0 aromatic carbocycles. The van der Waals surface area contributed by atoms with Crippen LogP contribution in [0.3, 0.4) is 0 Å². The number of esters is 1. The molecule has 1 N–H and O–H groups in total. The van der Waals surface area contributed by atoms with Crippen molar-refractivity contribution in [2.24, 2.45) is 0 Å². The molecule has 0 rings (SSSR count). The second-order valence-electron chi connectivity index (χ2n) is 1.58. The fourth-order valence-electron chi connectivity index (χ4n) is 0.0833. The van der Waals surface area contributed by atoms with Crippen LogP contribution >= 0.6 is 0 Å². The molecule has 0 aliphatic carbocycles. The Kier molecular flexibility index (Phi) is 9.73. The van der Waals surface area contributed by atoms with Gasteiger partial charge in [-0.3, -0.25) is 0 Å². The summed E-state index contributed by atoms with van der Waals surface area (Å²) in [4.78, 5) is 9.84. The lowest BCUT2D eigenvalue weighted by molar-refractivity contribution is -0.134. The highest BCUT2D eigenvalue weighted by atomic mass is 16.5. The summed E-state index contributed by atoms with van der Waals surface area (Å²) in [5, 5.41) is 7.94. The first kappa shape index (κ1) is 11.9. The molecule has 0 aromatic rings. The predicted molar refractivity (Wildman–Crippen MR) is 39.3 cm³/mol. The molecule has 0 saturated carbocycles. The topological polar surface area (TPSA) is 46.5 Å². The summed E-state index contributed by atoms with van der Waals surface area (Å²) in [5.74, 6) is -0.394. The summed E-state index contributed by atoms with van der Waals surface area (Å²) in [6.45, 7) is 7.96. The average Bonchev–Trinajstić information content (AvgIpc) is 1.85. The highest BCUT2D eigenvalue weighted by Crippen LogP contribution is 1.67. The van der Waals surface area contributed by atoms with Gasteiger partial charge < -0.3 is 9.84 Å². The molecule has 3 heteroatoms. The van der Waals surface area contributed by atoms with E-state index in [4.69, 9.17) is 5.11 Å². The predicted octanol–water partition coefficient (Wildman–Crippen LogP) is 0.547. The largest absolute Gasteiger partial charge is 0.466 e. The van der Waals surface area contributed by atoms with Crippen LogP contribution in [0.1, 0.15) is 6.92 Å². The first-order valence-corrected chi connectivity index (χ1v) is 2.76. The number of carbonyl (C=O) groups is 1. The third-order valence-electron chi connectivity index (χ3n) is 0.368. The van der Waals surface area contributed by atoms with Gasteiger partial charge >= 0.3 is 5.97 Å². The summed E-state index contributed by atoms with van der Waals surface area (Å²) >= 11 is 0. The Hall–Kier alpha value is -0.830. The second-order valence-corrected chi connectivity index (χ2v) is 1.58. The van der Waals surface area contributed by atoms with Gasteiger partial charge in [-0.25, -0.2) is 4.79 Å². The van der Waals surface area contributed by atoms with Gasteiger partial charge in [-0.15, -0.1) is 0 Å². The van der Waals surface area contributed by atoms with Crippen LogP contribution < -0.4 is 0 Å². The number of rotatable bonds is 1. The van der Waals surface area contributed by atoms with E-state index < -0.39 is 12.1 Å². The normalized spacial score (nSPS) is 7.70. The monoisotopic (exact) mass is 145 g/mol. The van der Waals surface area contributed by atoms with E-state index >= 15 is 0 Å². The Bertz CT molecular complexity index is 94.3. The van der Waals surface area contributed by atoms with Crippen LogP contribution in [0.5, 0.6) is 0 Å². The zero-order valence-electron chi connectivity index (χ0n) is 6.33. The van der Waals surface area contributed by atoms with Gasteiger partial charge in [-0.05, 0) is 13.8 Å². The third-order valence-corrected chi connectivity index (χ3v) is 0.368. The number of hydrogen-bond acceptors (Lipinski definition) is 3. The van der Waals surface area contributed by atoms with Crippen LogP contribution in [0.4, 0.5) is 0 Å². The minimum atomic E-state index is -0.417. The smallest absolute Gasteiger partial charge is 0.329 e. The highest BCUT2D eigenvalue weighted by molar-refractivity contribution is 5.80. The lowest BCUT2D eigenvalue weighted by atomic mass is 10.5. The molecule has 0 heterocycles. The van der Waals surface area contributed by atoms with Crippen molar-refractivity contribution in [1.29, 1.82) is 0 Å². The van der Waals surface area contributed by atoms with Gasteiger partial charge in [0.05, 0.1) is 13.2 Å². The Balaban J connectivity index is 0. The molecule has 0 saturated heterocycles. The van der Waals surface area contributed by atoms with Gasteiger partial charge in [0.2, 0.25) is 0 Å². The lowest BCUT2D eigenvalue weighted by Gasteiger charge is -1.83. The van der Waals surface area contributed by atoms with Crippen molar-refractivity contribution < 1.29 is 14.6 Å². The fraction of sp³-hybridized carbons (Fsp3) is 0.429. The van der Waals surface area contributed by atoms with E-state index in [1.54, 1.807) is 6.92 Å². The van der Waals surface area contributed by atoms with Crippen molar-refractivity contribution in [3.8, 4) is 0 Å². The van der Waals surface area contributed by atoms with Crippen LogP contribution in [0.25, 0.3) is 0 Å². The van der Waals surface area contributed by atoms with Crippen LogP contribution in [0.2, 0.25) is 0 Å². The molecule has 0 bridgehead atoms. The van der Waals surface area contributed by atoms with E-state index in [1.807, 2.05) is 0 Å². The minimum Gasteiger partial charge on any atom is -0.466 e. The molecule has 1 atom stereocenters. The number of aliphatic hydroxyl groups excluding tert-OH is 1. The summed E-state index contributed by atoms with van der Waals surface area (Å²) in [7, 11) is 1.31. The number of aliphatic hydroxyl groups is 1. The van der Waals surface area contributed by atoms with Crippen LogP contribution in [-0.4, -0.2) is 24.3 Å². The van der Waals surface area contributed by atoms with Crippen molar-refractivity contribution in [2.75, 3.05) is 7.11 Å². The standard InChI is InChI=1S/C4H6O2.C3H7O/c1-3-4(5)6-2;1-3(2)4/h3H,1H2,2H3;3-4H,1H2,2H3. The van der Waals surface area contributed by atoms with Gasteiger partial charge in [0, 0.05) is 6.08 Å². The van der Waals surface area contributed by atoms with Crippen LogP contribution in [-0.2, 0) is 9.53 Å². The van der Waals surface area contributed by atoms with E-state index in [1.165, 1.54) is 7.11 Å². The maximum Gasteiger partial charge on any atom is 0.329 e. The zero-order valence-corrected chi connectivity index (χ0v) is 6.33. The van der Waals surface area contributed by atoms with Crippen molar-refractivity contribution in [1.82, 2.24) is 0 Å². The first-order valence-electron chi connectivity index (χ1n) is 2.76. The molecule has 0 fully saturated rings. The minimum absolute atomic E-state index is 0.394. The molecular weight excluding hydrogens is 132 g/mol. The summed E-state index contributed by atoms with van der Waals surface area (Å²) in [5.41, 5.74) is 0. The second kappa shape index (κ2) is 8.17. The lowest BCUT2D eigenvalue weighted by Crippen LogP contribution is -1.91. The van der Waals surface area contributed by atoms with E-state index in [0.29, 0.717) is 0 Å². The molecule has 0 aromatic heterocycles. The molecule has 1 radical (unpaired) electrons. The SMILES string of the molecule is C=CC(=O)OC.[CH2]C(C)O. The molecule has 1 unspecified atom stereocenters. The van der Waals surface area contributed by atoms with Gasteiger partial charge in [0.1, 0.15) is 0 Å². The Labute approximate surface area is 61.3 Å². The fourth-order valence-corrected chi connectivity index (χ4v) is 0.0833. The molecule has 59 valence electrons. The summed E-state index contributed by atoms with van der Waals surface area (Å²) in [6, 6.07) is 0. The number of methoxy groups -OCH3 is 1. The molecule has 0 amide bonds. The average molecular weight is 145 g/mol. The first-order chi connectivity index (χ1) is 4.54. The highest BCUT2D eigenvalue weighted by Gasteiger charge is 1.81. The molecule has 0 aliphatic heterocycles. The van der Waals surface area contributed by atoms with Crippen molar-refractivity contribution in [3.05, 3.63) is 19.6 Å². The molecular formula is C7H13O3. The van der Waals surface area contributed by atoms with Crippen molar-refractivity contribution >= 4 is 5.97 Å². The molecule has 0 spiro atoms. The Morgan fingerprint density at radius 3 is 2.10 bits per heavy atom. The summed E-state index contributed by atoms with van der Waals surface area (Å²) < 4.78 is 4.14. The quantitative estimate of drug-likeness (QED) is 0.433. The summed E-state index contributed by atoms with van der Waals surface area (Å²) in [6.07, 6.45) is 0.694. The van der Waals surface area contributed by atoms with Crippen molar-refractivity contribution in [2.45, 2.75) is 13.0 Å². The van der Waals surface area contributed by atoms with Gasteiger partial charge in [0.25, 0.3) is 0 Å². The van der Waals surface area contributed by atoms with E-state index in [9.17, 15) is 4.79 Å². The molecule has 0 aliphatic rings. The molecule has 10 heavy (non-hydrogen) atoms. The Morgan fingerprint density at radius 1 is 1.80 bits per heavy atom. The van der Waals surface area contributed by atoms with E-state index in [-0.39, 0.29) is 0 Å². The maximum atomic E-state index is 9.84. The van der Waals surface area contributed by atoms with E-state index in [0.717, 1.165) is 6.08 Å². The van der Waals surface area contributed by atoms with Crippen molar-refractivity contribution in [3.63, 3.8) is 0 Å². The van der Waals surface area contributed by atoms with Gasteiger partial charge in [0.15, 0.2) is 0 Å². The molecule has 3 nitrogen and oxygen atoms in total. The number of carbonyl (C=O) groups excluding carboxylic acids is 1. The Morgan fingerprint density at radius 2 is 2.10 bits per heavy atom. The van der Waals surface area contributed by atoms with Gasteiger partial charge in [-0.2, -0.15) is 0 Å². The number of ether oxygens (including phenoxy) is 1. The zero-order chi connectivity index (χ0) is 8.57. The third kappa shape index (κ3) is 27.2.